The number of carboxylic acids is 1. The summed E-state index contributed by atoms with van der Waals surface area (Å²) < 4.78 is 0. The number of aliphatic hydroxyl groups excluding tert-OH is 1. The number of aliphatic hydroxyl groups is 1. The van der Waals surface area contributed by atoms with Crippen LogP contribution in [0.25, 0.3) is 0 Å². The molecule has 2 fully saturated rings. The first-order chi connectivity index (χ1) is 10.6. The molecule has 0 unspecified atom stereocenters. The third-order valence-electron chi connectivity index (χ3n) is 4.71. The number of rotatable bonds is 6. The monoisotopic (exact) mass is 379 g/mol. The van der Waals surface area contributed by atoms with Gasteiger partial charge in [-0.1, -0.05) is 12.8 Å². The normalized spacial score (nSPS) is 21.7. The van der Waals surface area contributed by atoms with Crippen molar-refractivity contribution in [2.45, 2.75) is 100.0 Å². The van der Waals surface area contributed by atoms with E-state index >= 15 is 0 Å². The van der Waals surface area contributed by atoms with Crippen molar-refractivity contribution in [1.82, 2.24) is 0 Å². The number of hydrogen-bond acceptors (Lipinski definition) is 3. The Morgan fingerprint density at radius 2 is 1.55 bits per heavy atom. The first-order valence-corrected chi connectivity index (χ1v) is 11.8. The molecule has 0 amide bonds. The van der Waals surface area contributed by atoms with E-state index in [2.05, 4.69) is 5.32 Å². The van der Waals surface area contributed by atoms with Crippen LogP contribution in [0.2, 0.25) is 11.1 Å². The minimum absolute atomic E-state index is 0.332. The molecule has 0 bridgehead atoms. The molecule has 1 atom stereocenters. The zero-order valence-corrected chi connectivity index (χ0v) is 15.7. The Kier molecular flexibility index (Phi) is 11.2. The van der Waals surface area contributed by atoms with E-state index in [0.717, 1.165) is 17.4 Å². The van der Waals surface area contributed by atoms with Gasteiger partial charge >= 0.3 is 59.6 Å². The van der Waals surface area contributed by atoms with Crippen LogP contribution >= 0.6 is 0 Å². The SMILES string of the molecule is C1CCC([NH2+]C2CCCCC2)CC1.C[Se]CC[C@H](O)C(=O)[O-]. The minimum atomic E-state index is -1.36. The molecule has 0 spiro atoms. The van der Waals surface area contributed by atoms with E-state index in [9.17, 15) is 9.90 Å². The summed E-state index contributed by atoms with van der Waals surface area (Å²) in [6.45, 7) is 0. The Bertz CT molecular complexity index is 274. The second kappa shape index (κ2) is 12.3. The first-order valence-electron chi connectivity index (χ1n) is 8.86. The van der Waals surface area contributed by atoms with Crippen LogP contribution in [0.5, 0.6) is 0 Å². The molecule has 0 saturated heterocycles. The molecule has 0 aromatic carbocycles. The standard InChI is InChI=1S/C12H23N.C5H10O3Se/c1-3-7-11(8-4-1)13-12-9-5-2-6-10-12;1-9-3-2-4(6)5(7)8/h11-13H,1-10H2;4,6H,2-3H2,1H3,(H,7,8)/t;4-/m.0/s1. The Morgan fingerprint density at radius 3 is 1.91 bits per heavy atom. The average Bonchev–Trinajstić information content (AvgIpc) is 2.55. The fraction of sp³-hybridized carbons (Fsp3) is 0.941. The second-order valence-corrected chi connectivity index (χ2v) is 8.67. The summed E-state index contributed by atoms with van der Waals surface area (Å²) in [6, 6.07) is 1.99. The van der Waals surface area contributed by atoms with Gasteiger partial charge in [-0.3, -0.25) is 0 Å². The van der Waals surface area contributed by atoms with Crippen LogP contribution in [-0.4, -0.2) is 44.2 Å². The van der Waals surface area contributed by atoms with Gasteiger partial charge in [-0.25, -0.2) is 0 Å². The third-order valence-corrected chi connectivity index (χ3v) is 6.06. The third kappa shape index (κ3) is 9.14. The zero-order chi connectivity index (χ0) is 16.2. The molecule has 4 nitrogen and oxygen atoms in total. The Hall–Kier alpha value is -0.0905. The Morgan fingerprint density at radius 1 is 1.09 bits per heavy atom. The summed E-state index contributed by atoms with van der Waals surface area (Å²) in [5.74, 6) is 0.633. The average molecular weight is 378 g/mol. The first kappa shape index (κ1) is 20.0. The van der Waals surface area contributed by atoms with Crippen LogP contribution in [0.15, 0.2) is 0 Å². The van der Waals surface area contributed by atoms with Gasteiger partial charge in [-0.2, -0.15) is 0 Å². The summed E-state index contributed by atoms with van der Waals surface area (Å²) in [5.41, 5.74) is 0. The second-order valence-electron chi connectivity index (χ2n) is 6.60. The van der Waals surface area contributed by atoms with Crippen molar-refractivity contribution < 1.29 is 20.3 Å². The maximum absolute atomic E-state index is 9.85. The van der Waals surface area contributed by atoms with Crippen molar-refractivity contribution in [2.75, 3.05) is 0 Å². The van der Waals surface area contributed by atoms with E-state index in [1.807, 2.05) is 5.82 Å². The van der Waals surface area contributed by atoms with Gasteiger partial charge < -0.3 is 5.32 Å². The van der Waals surface area contributed by atoms with E-state index < -0.39 is 12.1 Å². The molecule has 0 aliphatic heterocycles. The van der Waals surface area contributed by atoms with Crippen LogP contribution in [-0.2, 0) is 4.79 Å². The molecule has 5 heteroatoms. The summed E-state index contributed by atoms with van der Waals surface area (Å²) in [7, 11) is 0. The summed E-state index contributed by atoms with van der Waals surface area (Å²) >= 11 is 0.441. The summed E-state index contributed by atoms with van der Waals surface area (Å²) in [4.78, 5) is 9.85. The van der Waals surface area contributed by atoms with Gasteiger partial charge in [0.05, 0.1) is 12.1 Å². The molecule has 2 aliphatic rings. The Labute approximate surface area is 141 Å². The maximum atomic E-state index is 9.85. The number of aliphatic carboxylic acids is 1. The number of carboxylic acid groups (broad SMARTS) is 1. The molecule has 0 radical (unpaired) electrons. The van der Waals surface area contributed by atoms with Crippen LogP contribution in [0, 0.1) is 0 Å². The summed E-state index contributed by atoms with van der Waals surface area (Å²) in [6.07, 6.45) is 14.0. The van der Waals surface area contributed by atoms with Gasteiger partial charge in [-0.05, 0) is 51.4 Å². The molecule has 0 heterocycles. The molecular weight excluding hydrogens is 345 g/mol. The predicted octanol–water partition coefficient (Wildman–Crippen LogP) is 0.873. The van der Waals surface area contributed by atoms with Crippen molar-refractivity contribution >= 4 is 20.9 Å². The summed E-state index contributed by atoms with van der Waals surface area (Å²) in [5, 5.41) is 22.0. The predicted molar refractivity (Wildman–Crippen MR) is 87.7 cm³/mol. The van der Waals surface area contributed by atoms with E-state index in [-0.39, 0.29) is 0 Å². The number of nitrogens with two attached hydrogens (primary N) is 1. The van der Waals surface area contributed by atoms with Gasteiger partial charge in [0.2, 0.25) is 0 Å². The van der Waals surface area contributed by atoms with Crippen molar-refractivity contribution in [3.05, 3.63) is 0 Å². The van der Waals surface area contributed by atoms with E-state index in [1.54, 1.807) is 0 Å². The molecule has 0 aromatic rings. The van der Waals surface area contributed by atoms with Crippen molar-refractivity contribution in [3.63, 3.8) is 0 Å². The number of carbonyl (C=O) groups excluding carboxylic acids is 1. The van der Waals surface area contributed by atoms with Crippen molar-refractivity contribution in [2.24, 2.45) is 0 Å². The van der Waals surface area contributed by atoms with Crippen molar-refractivity contribution in [1.29, 1.82) is 0 Å². The van der Waals surface area contributed by atoms with Crippen LogP contribution in [0.1, 0.15) is 70.6 Å². The number of quaternary nitrogens is 1. The molecule has 22 heavy (non-hydrogen) atoms. The fourth-order valence-electron chi connectivity index (χ4n) is 3.39. The number of hydrogen-bond donors (Lipinski definition) is 2. The zero-order valence-electron chi connectivity index (χ0n) is 14.0. The quantitative estimate of drug-likeness (QED) is 0.674. The molecular formula is C17H33NO3Se. The van der Waals surface area contributed by atoms with Gasteiger partial charge in [0.15, 0.2) is 0 Å². The van der Waals surface area contributed by atoms with Gasteiger partial charge in [-0.15, -0.1) is 0 Å². The molecule has 2 aliphatic carbocycles. The van der Waals surface area contributed by atoms with Crippen molar-refractivity contribution in [3.8, 4) is 0 Å². The van der Waals surface area contributed by atoms with E-state index in [1.165, 1.54) is 64.2 Å². The molecule has 3 N–H and O–H groups in total. The fourth-order valence-corrected chi connectivity index (χ4v) is 4.35. The van der Waals surface area contributed by atoms with Crippen LogP contribution < -0.4 is 10.4 Å². The van der Waals surface area contributed by atoms with Crippen LogP contribution in [0.3, 0.4) is 0 Å². The Balaban J connectivity index is 0.000000239. The van der Waals surface area contributed by atoms with Gasteiger partial charge in [0.25, 0.3) is 0 Å². The molecule has 130 valence electrons. The van der Waals surface area contributed by atoms with E-state index in [4.69, 9.17) is 5.11 Å². The van der Waals surface area contributed by atoms with E-state index in [0.29, 0.717) is 21.4 Å². The topological polar surface area (TPSA) is 77.0 Å². The number of carbonyl (C=O) groups is 1. The molecule has 2 rings (SSSR count). The van der Waals surface area contributed by atoms with Crippen LogP contribution in [0.4, 0.5) is 0 Å². The molecule has 2 saturated carbocycles. The van der Waals surface area contributed by atoms with Gasteiger partial charge in [0.1, 0.15) is 0 Å². The van der Waals surface area contributed by atoms with Gasteiger partial charge in [0, 0.05) is 0 Å². The molecule has 0 aromatic heterocycles.